The van der Waals surface area contributed by atoms with Crippen molar-refractivity contribution < 1.29 is 14.3 Å². The van der Waals surface area contributed by atoms with E-state index in [1.807, 2.05) is 6.07 Å². The van der Waals surface area contributed by atoms with Crippen LogP contribution >= 0.6 is 0 Å². The maximum Gasteiger partial charge on any atom is 0.253 e. The number of nitriles is 1. The molecule has 0 spiro atoms. The fraction of sp³-hybridized carbons (Fsp3) is 0.467. The number of anilines is 1. The first-order valence-corrected chi connectivity index (χ1v) is 6.74. The van der Waals surface area contributed by atoms with Crippen LogP contribution in [0.2, 0.25) is 0 Å². The van der Waals surface area contributed by atoms with E-state index in [0.717, 1.165) is 19.4 Å². The van der Waals surface area contributed by atoms with Gasteiger partial charge in [-0.15, -0.1) is 0 Å². The molecule has 1 saturated heterocycles. The van der Waals surface area contributed by atoms with Crippen molar-refractivity contribution in [3.63, 3.8) is 0 Å². The van der Waals surface area contributed by atoms with E-state index >= 15 is 0 Å². The molecular formula is C15H18N2O3. The minimum atomic E-state index is -0.578. The van der Waals surface area contributed by atoms with Crippen LogP contribution in [0.25, 0.3) is 0 Å². The number of nitrogens with zero attached hydrogens (tertiary/aromatic N) is 1. The molecule has 20 heavy (non-hydrogen) atoms. The zero-order valence-electron chi connectivity index (χ0n) is 11.5. The molecule has 1 amide bonds. The van der Waals surface area contributed by atoms with Gasteiger partial charge in [0.05, 0.1) is 24.0 Å². The summed E-state index contributed by atoms with van der Waals surface area (Å²) in [6.07, 6.45) is 1.54. The van der Waals surface area contributed by atoms with Crippen LogP contribution < -0.4 is 5.32 Å². The zero-order valence-corrected chi connectivity index (χ0v) is 11.5. The first-order valence-electron chi connectivity index (χ1n) is 6.74. The van der Waals surface area contributed by atoms with Gasteiger partial charge in [0.25, 0.3) is 5.91 Å². The topological polar surface area (TPSA) is 71.3 Å². The molecule has 1 fully saturated rings. The maximum absolute atomic E-state index is 12.0. The fourth-order valence-corrected chi connectivity index (χ4v) is 2.03. The molecule has 1 aliphatic heterocycles. The molecule has 106 valence electrons. The lowest BCUT2D eigenvalue weighted by Crippen LogP contribution is -2.30. The molecule has 2 atom stereocenters. The monoisotopic (exact) mass is 274 g/mol. The van der Waals surface area contributed by atoms with Crippen LogP contribution in [-0.4, -0.2) is 31.3 Å². The second kappa shape index (κ2) is 7.04. The minimum Gasteiger partial charge on any atom is -0.376 e. The van der Waals surface area contributed by atoms with Gasteiger partial charge in [0.15, 0.2) is 0 Å². The molecule has 0 aliphatic carbocycles. The van der Waals surface area contributed by atoms with Gasteiger partial charge in [-0.25, -0.2) is 0 Å². The fourth-order valence-electron chi connectivity index (χ4n) is 2.03. The Labute approximate surface area is 118 Å². The van der Waals surface area contributed by atoms with Crippen LogP contribution in [0.4, 0.5) is 5.69 Å². The van der Waals surface area contributed by atoms with E-state index in [0.29, 0.717) is 17.9 Å². The third-order valence-corrected chi connectivity index (χ3v) is 3.23. The summed E-state index contributed by atoms with van der Waals surface area (Å²) in [7, 11) is 0. The summed E-state index contributed by atoms with van der Waals surface area (Å²) < 4.78 is 11.0. The third kappa shape index (κ3) is 3.80. The molecule has 0 radical (unpaired) electrons. The number of carbonyl (C=O) groups is 1. The predicted octanol–water partition coefficient (Wildman–Crippen LogP) is 2.08. The summed E-state index contributed by atoms with van der Waals surface area (Å²) in [5, 5.41) is 11.7. The molecule has 2 rings (SSSR count). The summed E-state index contributed by atoms with van der Waals surface area (Å²) in [5.41, 5.74) is 0.944. The van der Waals surface area contributed by atoms with Gasteiger partial charge >= 0.3 is 0 Å². The van der Waals surface area contributed by atoms with Gasteiger partial charge in [-0.05, 0) is 31.9 Å². The van der Waals surface area contributed by atoms with Gasteiger partial charge in [-0.2, -0.15) is 5.26 Å². The summed E-state index contributed by atoms with van der Waals surface area (Å²) in [6, 6.07) is 8.93. The molecule has 1 aliphatic rings. The number of hydrogen-bond acceptors (Lipinski definition) is 4. The summed E-state index contributed by atoms with van der Waals surface area (Å²) >= 11 is 0. The number of hydrogen-bond donors (Lipinski definition) is 1. The Morgan fingerprint density at radius 3 is 3.10 bits per heavy atom. The quantitative estimate of drug-likeness (QED) is 0.892. The Balaban J connectivity index is 1.85. The van der Waals surface area contributed by atoms with Gasteiger partial charge in [0.1, 0.15) is 12.2 Å². The number of benzene rings is 1. The first-order chi connectivity index (χ1) is 9.70. The van der Waals surface area contributed by atoms with Crippen LogP contribution in [0.3, 0.4) is 0 Å². The minimum absolute atomic E-state index is 0.0941. The van der Waals surface area contributed by atoms with Crippen LogP contribution in [0, 0.1) is 11.3 Å². The number of para-hydroxylation sites is 1. The van der Waals surface area contributed by atoms with Crippen molar-refractivity contribution in [3.8, 4) is 6.07 Å². The van der Waals surface area contributed by atoms with E-state index < -0.39 is 6.10 Å². The normalized spacial score (nSPS) is 19.3. The summed E-state index contributed by atoms with van der Waals surface area (Å²) in [5.74, 6) is -0.259. The second-order valence-electron chi connectivity index (χ2n) is 4.76. The molecule has 0 aromatic heterocycles. The molecule has 1 aromatic rings. The maximum atomic E-state index is 12.0. The predicted molar refractivity (Wildman–Crippen MR) is 74.2 cm³/mol. The summed E-state index contributed by atoms with van der Waals surface area (Å²) in [6.45, 7) is 2.89. The molecule has 0 bridgehead atoms. The van der Waals surface area contributed by atoms with Crippen molar-refractivity contribution in [2.24, 2.45) is 0 Å². The van der Waals surface area contributed by atoms with Gasteiger partial charge in [-0.1, -0.05) is 12.1 Å². The average Bonchev–Trinajstić information content (AvgIpc) is 2.98. The van der Waals surface area contributed by atoms with Crippen molar-refractivity contribution in [2.45, 2.75) is 32.0 Å². The van der Waals surface area contributed by atoms with Crippen LogP contribution in [0.1, 0.15) is 25.3 Å². The van der Waals surface area contributed by atoms with Crippen LogP contribution in [0.15, 0.2) is 24.3 Å². The largest absolute Gasteiger partial charge is 0.376 e. The Morgan fingerprint density at radius 1 is 1.60 bits per heavy atom. The number of rotatable bonds is 5. The highest BCUT2D eigenvalue weighted by atomic mass is 16.5. The van der Waals surface area contributed by atoms with Gasteiger partial charge in [-0.3, -0.25) is 4.79 Å². The molecule has 5 nitrogen and oxygen atoms in total. The average molecular weight is 274 g/mol. The van der Waals surface area contributed by atoms with E-state index in [1.165, 1.54) is 0 Å². The van der Waals surface area contributed by atoms with E-state index in [9.17, 15) is 4.79 Å². The lowest BCUT2D eigenvalue weighted by atomic mass is 10.2. The molecule has 0 saturated carbocycles. The highest BCUT2D eigenvalue weighted by Crippen LogP contribution is 2.15. The first kappa shape index (κ1) is 14.5. The number of amides is 1. The van der Waals surface area contributed by atoms with Crippen molar-refractivity contribution in [2.75, 3.05) is 18.5 Å². The lowest BCUT2D eigenvalue weighted by molar-refractivity contribution is -0.128. The van der Waals surface area contributed by atoms with Crippen molar-refractivity contribution in [1.82, 2.24) is 0 Å². The van der Waals surface area contributed by atoms with E-state index in [2.05, 4.69) is 5.32 Å². The smallest absolute Gasteiger partial charge is 0.253 e. The Bertz CT molecular complexity index is 504. The molecule has 1 heterocycles. The van der Waals surface area contributed by atoms with Crippen molar-refractivity contribution in [3.05, 3.63) is 29.8 Å². The van der Waals surface area contributed by atoms with E-state index in [-0.39, 0.29) is 12.0 Å². The number of nitrogens with one attached hydrogen (secondary N) is 1. The van der Waals surface area contributed by atoms with Crippen LogP contribution in [-0.2, 0) is 14.3 Å². The standard InChI is InChI=1S/C15H18N2O3/c1-11(20-10-13-6-4-8-19-13)15(18)17-14-7-3-2-5-12(14)9-16/h2-3,5,7,11,13H,4,6,8,10H2,1H3,(H,17,18). The SMILES string of the molecule is CC(OCC1CCCO1)C(=O)Nc1ccccc1C#N. The van der Waals surface area contributed by atoms with Gasteiger partial charge in [0.2, 0.25) is 0 Å². The molecular weight excluding hydrogens is 256 g/mol. The second-order valence-corrected chi connectivity index (χ2v) is 4.76. The Morgan fingerprint density at radius 2 is 2.40 bits per heavy atom. The van der Waals surface area contributed by atoms with E-state index in [4.69, 9.17) is 14.7 Å². The van der Waals surface area contributed by atoms with Crippen molar-refractivity contribution >= 4 is 11.6 Å². The molecule has 1 N–H and O–H groups in total. The highest BCUT2D eigenvalue weighted by molar-refractivity contribution is 5.95. The lowest BCUT2D eigenvalue weighted by Gasteiger charge is -2.16. The number of carbonyl (C=O) groups excluding carboxylic acids is 1. The molecule has 2 unspecified atom stereocenters. The third-order valence-electron chi connectivity index (χ3n) is 3.23. The zero-order chi connectivity index (χ0) is 14.4. The van der Waals surface area contributed by atoms with Crippen molar-refractivity contribution in [1.29, 1.82) is 5.26 Å². The molecule has 1 aromatic carbocycles. The van der Waals surface area contributed by atoms with Crippen LogP contribution in [0.5, 0.6) is 0 Å². The van der Waals surface area contributed by atoms with Gasteiger partial charge < -0.3 is 14.8 Å². The highest BCUT2D eigenvalue weighted by Gasteiger charge is 2.20. The number of ether oxygens (including phenoxy) is 2. The molecule has 5 heteroatoms. The Kier molecular flexibility index (Phi) is 5.10. The Hall–Kier alpha value is -1.90. The van der Waals surface area contributed by atoms with E-state index in [1.54, 1.807) is 31.2 Å². The summed E-state index contributed by atoms with van der Waals surface area (Å²) in [4.78, 5) is 12.0. The van der Waals surface area contributed by atoms with Gasteiger partial charge in [0, 0.05) is 6.61 Å².